The Kier molecular flexibility index (Phi) is 5.50. The summed E-state index contributed by atoms with van der Waals surface area (Å²) in [4.78, 5) is 37.2. The third-order valence-electron chi connectivity index (χ3n) is 3.34. The number of amides is 2. The average Bonchev–Trinajstić information content (AvgIpc) is 2.81. The molecule has 1 aliphatic heterocycles. The van der Waals surface area contributed by atoms with Crippen molar-refractivity contribution in [3.63, 3.8) is 0 Å². The van der Waals surface area contributed by atoms with E-state index in [4.69, 9.17) is 9.47 Å². The van der Waals surface area contributed by atoms with E-state index in [1.807, 2.05) is 0 Å². The number of imide groups is 1. The fourth-order valence-corrected chi connectivity index (χ4v) is 3.04. The molecule has 1 heterocycles. The molecule has 0 radical (unpaired) electrons. The highest BCUT2D eigenvalue weighted by molar-refractivity contribution is 8.18. The number of carbonyl (C=O) groups excluding carboxylic acids is 3. The molecule has 1 unspecified atom stereocenters. The summed E-state index contributed by atoms with van der Waals surface area (Å²) in [5.41, 5.74) is 0.530. The lowest BCUT2D eigenvalue weighted by molar-refractivity contribution is -0.150. The quantitative estimate of drug-likeness (QED) is 0.643. The van der Waals surface area contributed by atoms with E-state index in [1.165, 1.54) is 26.2 Å². The first-order valence-electron chi connectivity index (χ1n) is 7.19. The number of nitrogens with zero attached hydrogens (tertiary/aromatic N) is 1. The van der Waals surface area contributed by atoms with Gasteiger partial charge in [-0.05, 0) is 49.4 Å². The maximum Gasteiger partial charge on any atom is 0.329 e. The van der Waals surface area contributed by atoms with Crippen molar-refractivity contribution in [3.8, 4) is 11.5 Å². The van der Waals surface area contributed by atoms with Gasteiger partial charge in [0.15, 0.2) is 11.5 Å². The molecule has 1 atom stereocenters. The number of ether oxygens (including phenoxy) is 2. The van der Waals surface area contributed by atoms with Crippen molar-refractivity contribution < 1.29 is 29.0 Å². The number of aromatic hydroxyl groups is 1. The standard InChI is InChI=1S/C16H17NO6S/c1-4-23-15(20)9(2)17-14(19)13(24-16(17)21)8-10-5-6-12(22-3)11(18)7-10/h5-9,18H,4H2,1-3H3. The zero-order valence-corrected chi connectivity index (χ0v) is 14.3. The molecule has 0 saturated carbocycles. The van der Waals surface area contributed by atoms with Crippen LogP contribution in [0.15, 0.2) is 23.1 Å². The van der Waals surface area contributed by atoms with E-state index >= 15 is 0 Å². The van der Waals surface area contributed by atoms with Crippen LogP contribution < -0.4 is 4.74 Å². The van der Waals surface area contributed by atoms with Crippen LogP contribution in [0.25, 0.3) is 6.08 Å². The fraction of sp³-hybridized carbons (Fsp3) is 0.312. The number of phenols is 1. The number of methoxy groups -OCH3 is 1. The van der Waals surface area contributed by atoms with Gasteiger partial charge in [-0.2, -0.15) is 0 Å². The second-order valence-corrected chi connectivity index (χ2v) is 5.90. The molecule has 0 aliphatic carbocycles. The molecule has 1 aliphatic rings. The maximum absolute atomic E-state index is 12.4. The highest BCUT2D eigenvalue weighted by Crippen LogP contribution is 2.35. The van der Waals surface area contributed by atoms with Crippen molar-refractivity contribution in [2.75, 3.05) is 13.7 Å². The first kappa shape index (κ1) is 17.9. The smallest absolute Gasteiger partial charge is 0.329 e. The van der Waals surface area contributed by atoms with E-state index in [1.54, 1.807) is 19.1 Å². The van der Waals surface area contributed by atoms with Gasteiger partial charge in [-0.1, -0.05) is 6.07 Å². The van der Waals surface area contributed by atoms with Gasteiger partial charge in [0.25, 0.3) is 11.1 Å². The van der Waals surface area contributed by atoms with Gasteiger partial charge in [-0.15, -0.1) is 0 Å². The zero-order valence-electron chi connectivity index (χ0n) is 13.4. The third kappa shape index (κ3) is 3.53. The highest BCUT2D eigenvalue weighted by atomic mass is 32.2. The lowest BCUT2D eigenvalue weighted by atomic mass is 10.2. The molecule has 24 heavy (non-hydrogen) atoms. The minimum Gasteiger partial charge on any atom is -0.504 e. The van der Waals surface area contributed by atoms with Gasteiger partial charge in [-0.25, -0.2) is 4.79 Å². The second-order valence-electron chi connectivity index (χ2n) is 4.91. The van der Waals surface area contributed by atoms with Gasteiger partial charge in [0.2, 0.25) is 0 Å². The van der Waals surface area contributed by atoms with E-state index in [2.05, 4.69) is 0 Å². The molecule has 1 fully saturated rings. The minimum atomic E-state index is -0.993. The van der Waals surface area contributed by atoms with Crippen molar-refractivity contribution in [3.05, 3.63) is 28.7 Å². The lowest BCUT2D eigenvalue weighted by Crippen LogP contribution is -2.42. The van der Waals surface area contributed by atoms with Gasteiger partial charge in [-0.3, -0.25) is 14.5 Å². The van der Waals surface area contributed by atoms with Crippen LogP contribution in [0.4, 0.5) is 4.79 Å². The van der Waals surface area contributed by atoms with Crippen molar-refractivity contribution in [1.82, 2.24) is 4.90 Å². The summed E-state index contributed by atoms with van der Waals surface area (Å²) in [5.74, 6) is -0.981. The summed E-state index contributed by atoms with van der Waals surface area (Å²) in [6, 6.07) is 3.61. The Morgan fingerprint density at radius 3 is 2.71 bits per heavy atom. The highest BCUT2D eigenvalue weighted by Gasteiger charge is 2.41. The molecule has 2 rings (SSSR count). The number of rotatable bonds is 5. The van der Waals surface area contributed by atoms with E-state index in [0.717, 1.165) is 16.7 Å². The Balaban J connectivity index is 2.24. The molecule has 0 aromatic heterocycles. The number of esters is 1. The Bertz CT molecular complexity index is 715. The first-order chi connectivity index (χ1) is 11.4. The summed E-state index contributed by atoms with van der Waals surface area (Å²) in [6.45, 7) is 3.26. The van der Waals surface area contributed by atoms with E-state index in [0.29, 0.717) is 11.3 Å². The van der Waals surface area contributed by atoms with Crippen LogP contribution in [0.1, 0.15) is 19.4 Å². The van der Waals surface area contributed by atoms with Gasteiger partial charge >= 0.3 is 5.97 Å². The molecule has 2 amide bonds. The second kappa shape index (κ2) is 7.39. The van der Waals surface area contributed by atoms with Crippen molar-refractivity contribution in [2.45, 2.75) is 19.9 Å². The summed E-state index contributed by atoms with van der Waals surface area (Å²) in [5, 5.41) is 9.23. The van der Waals surface area contributed by atoms with Crippen molar-refractivity contribution >= 4 is 35.0 Å². The SMILES string of the molecule is CCOC(=O)C(C)N1C(=O)SC(=Cc2ccc(OC)c(O)c2)C1=O. The van der Waals surface area contributed by atoms with Crippen molar-refractivity contribution in [1.29, 1.82) is 0 Å². The normalized spacial score (nSPS) is 17.3. The molecule has 1 saturated heterocycles. The number of hydrogen-bond donors (Lipinski definition) is 1. The predicted molar refractivity (Wildman–Crippen MR) is 88.6 cm³/mol. The Hall–Kier alpha value is -2.48. The van der Waals surface area contributed by atoms with E-state index in [9.17, 15) is 19.5 Å². The summed E-state index contributed by atoms with van der Waals surface area (Å²) >= 11 is 0.734. The summed E-state index contributed by atoms with van der Waals surface area (Å²) in [6.07, 6.45) is 1.47. The Morgan fingerprint density at radius 2 is 2.12 bits per heavy atom. The topological polar surface area (TPSA) is 93.1 Å². The maximum atomic E-state index is 12.4. The molecular formula is C16H17NO6S. The molecular weight excluding hydrogens is 334 g/mol. The van der Waals surface area contributed by atoms with Gasteiger partial charge in [0, 0.05) is 0 Å². The first-order valence-corrected chi connectivity index (χ1v) is 8.01. The third-order valence-corrected chi connectivity index (χ3v) is 4.22. The van der Waals surface area contributed by atoms with Crippen LogP contribution in [-0.2, 0) is 14.3 Å². The number of thioether (sulfide) groups is 1. The Labute approximate surface area is 143 Å². The van der Waals surface area contributed by atoms with Crippen LogP contribution in [-0.4, -0.2) is 46.9 Å². The van der Waals surface area contributed by atoms with Crippen LogP contribution in [0.5, 0.6) is 11.5 Å². The van der Waals surface area contributed by atoms with Crippen LogP contribution >= 0.6 is 11.8 Å². The molecule has 7 nitrogen and oxygen atoms in total. The van der Waals surface area contributed by atoms with Crippen molar-refractivity contribution in [2.24, 2.45) is 0 Å². The summed E-state index contributed by atoms with van der Waals surface area (Å²) < 4.78 is 9.80. The summed E-state index contributed by atoms with van der Waals surface area (Å²) in [7, 11) is 1.43. The van der Waals surface area contributed by atoms with Gasteiger partial charge < -0.3 is 14.6 Å². The van der Waals surface area contributed by atoms with Crippen LogP contribution in [0, 0.1) is 0 Å². The predicted octanol–water partition coefficient (Wildman–Crippen LogP) is 2.39. The lowest BCUT2D eigenvalue weighted by Gasteiger charge is -2.19. The zero-order chi connectivity index (χ0) is 17.9. The molecule has 0 spiro atoms. The number of phenolic OH excluding ortho intramolecular Hbond substituents is 1. The van der Waals surface area contributed by atoms with Gasteiger partial charge in [0.1, 0.15) is 6.04 Å². The molecule has 1 aromatic carbocycles. The van der Waals surface area contributed by atoms with Gasteiger partial charge in [0.05, 0.1) is 18.6 Å². The monoisotopic (exact) mass is 351 g/mol. The number of hydrogen-bond acceptors (Lipinski definition) is 7. The van der Waals surface area contributed by atoms with Crippen LogP contribution in [0.2, 0.25) is 0 Å². The van der Waals surface area contributed by atoms with E-state index < -0.39 is 23.2 Å². The molecule has 128 valence electrons. The number of benzene rings is 1. The van der Waals surface area contributed by atoms with E-state index in [-0.39, 0.29) is 17.3 Å². The van der Waals surface area contributed by atoms with Crippen LogP contribution in [0.3, 0.4) is 0 Å². The largest absolute Gasteiger partial charge is 0.504 e. The Morgan fingerprint density at radius 1 is 1.42 bits per heavy atom. The molecule has 0 bridgehead atoms. The fourth-order valence-electron chi connectivity index (χ4n) is 2.13. The molecule has 1 aromatic rings. The molecule has 8 heteroatoms. The average molecular weight is 351 g/mol. The minimum absolute atomic E-state index is 0.0784. The number of carbonyl (C=O) groups is 3. The molecule has 1 N–H and O–H groups in total.